The number of aromatic nitrogens is 3. The third-order valence-corrected chi connectivity index (χ3v) is 3.50. The van der Waals surface area contributed by atoms with Gasteiger partial charge in [0.25, 0.3) is 5.91 Å². The number of nitrogens with zero attached hydrogens (tertiary/aromatic N) is 3. The van der Waals surface area contributed by atoms with Crippen molar-refractivity contribution in [3.8, 4) is 11.8 Å². The van der Waals surface area contributed by atoms with Crippen molar-refractivity contribution in [2.75, 3.05) is 6.54 Å². The van der Waals surface area contributed by atoms with Crippen LogP contribution < -0.4 is 11.1 Å². The molecule has 1 atom stereocenters. The average Bonchev–Trinajstić information content (AvgIpc) is 3.04. The third-order valence-electron chi connectivity index (χ3n) is 2.66. The van der Waals surface area contributed by atoms with Gasteiger partial charge in [0.2, 0.25) is 0 Å². The molecule has 2 rings (SSSR count). The maximum atomic E-state index is 12.1. The standard InChI is InChI=1S/C13H15N5OS/c1-9(12-17-15-8-18(12)2)16-13(19)10-6-11(20-7-10)4-3-5-14/h6-9H,5,14H2,1-2H3,(H,16,19). The summed E-state index contributed by atoms with van der Waals surface area (Å²) >= 11 is 1.42. The van der Waals surface area contributed by atoms with Gasteiger partial charge in [-0.15, -0.1) is 21.5 Å². The van der Waals surface area contributed by atoms with Crippen molar-refractivity contribution in [3.05, 3.63) is 34.0 Å². The summed E-state index contributed by atoms with van der Waals surface area (Å²) in [6.07, 6.45) is 1.60. The SMILES string of the molecule is CC(NC(=O)c1csc(C#CCN)c1)c1nncn1C. The predicted molar refractivity (Wildman–Crippen MR) is 77.1 cm³/mol. The molecule has 3 N–H and O–H groups in total. The second-order valence-corrected chi connectivity index (χ2v) is 5.11. The Morgan fingerprint density at radius 2 is 2.45 bits per heavy atom. The molecule has 0 radical (unpaired) electrons. The number of aryl methyl sites for hydroxylation is 1. The Morgan fingerprint density at radius 3 is 3.10 bits per heavy atom. The van der Waals surface area contributed by atoms with Gasteiger partial charge in [0.15, 0.2) is 5.82 Å². The second-order valence-electron chi connectivity index (χ2n) is 4.20. The van der Waals surface area contributed by atoms with Gasteiger partial charge in [-0.25, -0.2) is 0 Å². The molecular weight excluding hydrogens is 274 g/mol. The Bertz CT molecular complexity index is 664. The number of amides is 1. The summed E-state index contributed by atoms with van der Waals surface area (Å²) in [6, 6.07) is 1.54. The fourth-order valence-electron chi connectivity index (χ4n) is 1.69. The van der Waals surface area contributed by atoms with Crippen LogP contribution in [0.2, 0.25) is 0 Å². The summed E-state index contributed by atoms with van der Waals surface area (Å²) < 4.78 is 1.77. The van der Waals surface area contributed by atoms with E-state index in [4.69, 9.17) is 5.73 Å². The van der Waals surface area contributed by atoms with Gasteiger partial charge in [-0.3, -0.25) is 4.79 Å². The highest BCUT2D eigenvalue weighted by Crippen LogP contribution is 2.15. The first-order valence-electron chi connectivity index (χ1n) is 6.04. The lowest BCUT2D eigenvalue weighted by Crippen LogP contribution is -2.28. The van der Waals surface area contributed by atoms with Crippen molar-refractivity contribution >= 4 is 17.2 Å². The van der Waals surface area contributed by atoms with Crippen molar-refractivity contribution in [3.63, 3.8) is 0 Å². The molecule has 7 heteroatoms. The topological polar surface area (TPSA) is 85.8 Å². The molecule has 0 aromatic carbocycles. The molecule has 0 spiro atoms. The molecule has 0 aliphatic carbocycles. The van der Waals surface area contributed by atoms with Crippen LogP contribution in [0.1, 0.15) is 34.0 Å². The smallest absolute Gasteiger partial charge is 0.252 e. The molecule has 2 aromatic heterocycles. The summed E-state index contributed by atoms with van der Waals surface area (Å²) in [4.78, 5) is 12.9. The van der Waals surface area contributed by atoms with Crippen LogP contribution in [-0.2, 0) is 7.05 Å². The van der Waals surface area contributed by atoms with Gasteiger partial charge < -0.3 is 15.6 Å². The summed E-state index contributed by atoms with van der Waals surface area (Å²) in [5.41, 5.74) is 5.90. The number of thiophene rings is 1. The quantitative estimate of drug-likeness (QED) is 0.814. The lowest BCUT2D eigenvalue weighted by Gasteiger charge is -2.12. The zero-order valence-corrected chi connectivity index (χ0v) is 12.1. The van der Waals surface area contributed by atoms with Gasteiger partial charge in [-0.05, 0) is 13.0 Å². The van der Waals surface area contributed by atoms with Crippen LogP contribution in [0.4, 0.5) is 0 Å². The van der Waals surface area contributed by atoms with Crippen molar-refractivity contribution in [1.29, 1.82) is 0 Å². The Morgan fingerprint density at radius 1 is 1.65 bits per heavy atom. The molecule has 20 heavy (non-hydrogen) atoms. The monoisotopic (exact) mass is 289 g/mol. The van der Waals surface area contributed by atoms with E-state index in [0.717, 1.165) is 4.88 Å². The normalized spacial score (nSPS) is 11.6. The summed E-state index contributed by atoms with van der Waals surface area (Å²) in [6.45, 7) is 2.17. The highest BCUT2D eigenvalue weighted by atomic mass is 32.1. The van der Waals surface area contributed by atoms with E-state index in [0.29, 0.717) is 17.9 Å². The van der Waals surface area contributed by atoms with Crippen molar-refractivity contribution in [1.82, 2.24) is 20.1 Å². The van der Waals surface area contributed by atoms with Crippen LogP contribution in [0, 0.1) is 11.8 Å². The van der Waals surface area contributed by atoms with Crippen LogP contribution in [0.3, 0.4) is 0 Å². The number of nitrogens with one attached hydrogen (secondary N) is 1. The molecule has 2 heterocycles. The number of hydrogen-bond donors (Lipinski definition) is 2. The van der Waals surface area contributed by atoms with Gasteiger partial charge in [0.05, 0.1) is 23.0 Å². The summed E-state index contributed by atoms with van der Waals surface area (Å²) in [7, 11) is 1.84. The van der Waals surface area contributed by atoms with Crippen molar-refractivity contribution in [2.24, 2.45) is 12.8 Å². The molecule has 0 fully saturated rings. The minimum absolute atomic E-state index is 0.155. The number of rotatable bonds is 3. The Kier molecular flexibility index (Phi) is 4.50. The first kappa shape index (κ1) is 14.2. The molecule has 0 saturated heterocycles. The van der Waals surface area contributed by atoms with Crippen molar-refractivity contribution < 1.29 is 4.79 Å². The number of carbonyl (C=O) groups excluding carboxylic acids is 1. The molecule has 0 saturated carbocycles. The minimum atomic E-state index is -0.214. The Balaban J connectivity index is 2.05. The van der Waals surface area contributed by atoms with E-state index in [9.17, 15) is 4.79 Å². The summed E-state index contributed by atoms with van der Waals surface area (Å²) in [5, 5.41) is 12.4. The fraction of sp³-hybridized carbons (Fsp3) is 0.308. The molecular formula is C13H15N5OS. The highest BCUT2D eigenvalue weighted by molar-refractivity contribution is 7.10. The van der Waals surface area contributed by atoms with E-state index in [-0.39, 0.29) is 11.9 Å². The van der Waals surface area contributed by atoms with Gasteiger partial charge >= 0.3 is 0 Å². The number of hydrogen-bond acceptors (Lipinski definition) is 5. The fourth-order valence-corrected chi connectivity index (χ4v) is 2.44. The van der Waals surface area contributed by atoms with Gasteiger partial charge in [-0.2, -0.15) is 0 Å². The zero-order chi connectivity index (χ0) is 14.5. The Hall–Kier alpha value is -2.17. The molecule has 1 unspecified atom stereocenters. The van der Waals surface area contributed by atoms with Crippen LogP contribution >= 0.6 is 11.3 Å². The van der Waals surface area contributed by atoms with Crippen LogP contribution in [0.15, 0.2) is 17.8 Å². The first-order chi connectivity index (χ1) is 9.61. The van der Waals surface area contributed by atoms with E-state index in [1.54, 1.807) is 22.3 Å². The third kappa shape index (κ3) is 3.23. The van der Waals surface area contributed by atoms with Crippen LogP contribution in [0.5, 0.6) is 0 Å². The lowest BCUT2D eigenvalue weighted by molar-refractivity contribution is 0.0938. The summed E-state index contributed by atoms with van der Waals surface area (Å²) in [5.74, 6) is 6.22. The van der Waals surface area contributed by atoms with E-state index in [1.165, 1.54) is 11.3 Å². The van der Waals surface area contributed by atoms with E-state index in [1.807, 2.05) is 14.0 Å². The predicted octanol–water partition coefficient (Wildman–Crippen LogP) is 0.678. The highest BCUT2D eigenvalue weighted by Gasteiger charge is 2.16. The number of nitrogens with two attached hydrogens (primary N) is 1. The lowest BCUT2D eigenvalue weighted by atomic mass is 10.2. The van der Waals surface area contributed by atoms with E-state index < -0.39 is 0 Å². The molecule has 0 bridgehead atoms. The molecule has 0 aliphatic heterocycles. The number of carbonyl (C=O) groups is 1. The second kappa shape index (κ2) is 6.32. The molecule has 2 aromatic rings. The molecule has 104 valence electrons. The van der Waals surface area contributed by atoms with Gasteiger partial charge in [-0.1, -0.05) is 11.8 Å². The minimum Gasteiger partial charge on any atom is -0.342 e. The molecule has 6 nitrogen and oxygen atoms in total. The molecule has 0 aliphatic rings. The van der Waals surface area contributed by atoms with Crippen molar-refractivity contribution in [2.45, 2.75) is 13.0 Å². The van der Waals surface area contributed by atoms with Gasteiger partial charge in [0, 0.05) is 12.4 Å². The largest absolute Gasteiger partial charge is 0.342 e. The maximum absolute atomic E-state index is 12.1. The first-order valence-corrected chi connectivity index (χ1v) is 6.92. The van der Waals surface area contributed by atoms with E-state index >= 15 is 0 Å². The van der Waals surface area contributed by atoms with Crippen LogP contribution in [-0.4, -0.2) is 27.2 Å². The van der Waals surface area contributed by atoms with Crippen LogP contribution in [0.25, 0.3) is 0 Å². The van der Waals surface area contributed by atoms with E-state index in [2.05, 4.69) is 27.4 Å². The molecule has 1 amide bonds. The maximum Gasteiger partial charge on any atom is 0.252 e. The van der Waals surface area contributed by atoms with Gasteiger partial charge in [0.1, 0.15) is 6.33 Å². The zero-order valence-electron chi connectivity index (χ0n) is 11.3. The Labute approximate surface area is 121 Å². The average molecular weight is 289 g/mol.